The molecule has 2 saturated heterocycles. The first-order valence-corrected chi connectivity index (χ1v) is 37.0. The van der Waals surface area contributed by atoms with Crippen molar-refractivity contribution in [3.05, 3.63) is 261 Å². The van der Waals surface area contributed by atoms with Crippen LogP contribution in [-0.4, -0.2) is 35.1 Å². The van der Waals surface area contributed by atoms with Crippen LogP contribution in [0, 0.1) is 11.8 Å². The number of hydrogen-bond acceptors (Lipinski definition) is 0. The Morgan fingerprint density at radius 2 is 0.417 bits per heavy atom. The second kappa shape index (κ2) is 27.8. The van der Waals surface area contributed by atoms with Crippen molar-refractivity contribution in [2.75, 3.05) is 26.2 Å². The number of rotatable bonds is 8. The van der Waals surface area contributed by atoms with Crippen molar-refractivity contribution < 1.29 is 114 Å². The molecule has 0 unspecified atom stereocenters. The molecule has 596 valence electrons. The number of benzene rings is 12. The van der Waals surface area contributed by atoms with Crippen LogP contribution in [0.1, 0.15) is 112 Å². The van der Waals surface area contributed by atoms with E-state index in [0.29, 0.717) is 159 Å². The maximum absolute atomic E-state index is 14.9. The zero-order valence-corrected chi connectivity index (χ0v) is 60.2. The second-order valence-electron chi connectivity index (χ2n) is 31.2. The van der Waals surface area contributed by atoms with Crippen molar-refractivity contribution in [3.8, 4) is 66.8 Å². The molecule has 2 spiro atoms. The molecule has 4 heterocycles. The van der Waals surface area contributed by atoms with Crippen LogP contribution in [0.25, 0.3) is 110 Å². The number of nitrogens with zero attached hydrogens (tertiary/aromatic N) is 2. The van der Waals surface area contributed by atoms with E-state index < -0.39 is 116 Å². The molecular formula is C89H64F24N2+2. The van der Waals surface area contributed by atoms with Crippen LogP contribution in [0.3, 0.4) is 0 Å². The predicted molar refractivity (Wildman–Crippen MR) is 390 cm³/mol. The molecule has 4 aliphatic rings. The highest BCUT2D eigenvalue weighted by Gasteiger charge is 2.48. The van der Waals surface area contributed by atoms with Crippen molar-refractivity contribution >= 4 is 43.1 Å². The van der Waals surface area contributed by atoms with Gasteiger partial charge in [0.15, 0.2) is 0 Å². The Morgan fingerprint density at radius 1 is 0.235 bits per heavy atom. The molecule has 115 heavy (non-hydrogen) atoms. The summed E-state index contributed by atoms with van der Waals surface area (Å²) >= 11 is 0. The minimum absolute atomic E-state index is 0.00501. The van der Waals surface area contributed by atoms with Gasteiger partial charge >= 0.3 is 49.4 Å². The standard InChI is InChI=1S/C89H64F24N2/c90-82(91,92)58-28-54(29-59(40-58)83(93,94)95)70-36-50-12-1-5-16-66(50)78-74(70)44-114(45-75-71(37-51-13-2-6-17-67(51)79(75)78)55-30-60(84(96,97)98)41-61(31-55)85(99,100)101)24-20-48(21-25-114)10-9-11-49-22-26-115(27-23-49)46-76-72(56-32-62(86(102,103)104)42-63(33-56)87(105,106)107)38-52-14-3-7-18-68(52)80(76)81-69-19-8-4-15-53(69)39-73(77(81)47-115)57-34-64(88(108,109)110)43-65(35-57)89(111,112)113/h1-8,12-19,28-43,48-49H,9-11,20-27,44-47H2/q+2. The highest BCUT2D eigenvalue weighted by atomic mass is 19.4. The van der Waals surface area contributed by atoms with Gasteiger partial charge in [0.1, 0.15) is 26.2 Å². The van der Waals surface area contributed by atoms with Crippen LogP contribution >= 0.6 is 0 Å². The Hall–Kier alpha value is -10.1. The number of alkyl halides is 24. The molecular weight excluding hydrogens is 1550 g/mol. The van der Waals surface area contributed by atoms with Crippen LogP contribution in [-0.2, 0) is 75.6 Å². The van der Waals surface area contributed by atoms with Gasteiger partial charge in [-0.1, -0.05) is 116 Å². The molecule has 0 N–H and O–H groups in total. The third-order valence-corrected chi connectivity index (χ3v) is 24.0. The molecule has 0 bridgehead atoms. The third kappa shape index (κ3) is 15.0. The lowest BCUT2D eigenvalue weighted by atomic mass is 9.81. The van der Waals surface area contributed by atoms with Gasteiger partial charge < -0.3 is 8.97 Å². The Labute approximate surface area is 641 Å². The van der Waals surface area contributed by atoms with E-state index in [2.05, 4.69) is 0 Å². The van der Waals surface area contributed by atoms with E-state index in [-0.39, 0.29) is 142 Å². The summed E-state index contributed by atoms with van der Waals surface area (Å²) in [6, 6.07) is 37.1. The first-order valence-electron chi connectivity index (χ1n) is 37.0. The van der Waals surface area contributed by atoms with Crippen LogP contribution in [0.5, 0.6) is 0 Å². The largest absolute Gasteiger partial charge is 0.416 e. The van der Waals surface area contributed by atoms with Crippen molar-refractivity contribution in [1.29, 1.82) is 0 Å². The van der Waals surface area contributed by atoms with E-state index in [1.165, 1.54) is 24.3 Å². The number of quaternary nitrogens is 2. The highest BCUT2D eigenvalue weighted by molar-refractivity contribution is 6.14. The average Bonchev–Trinajstić information content (AvgIpc) is 1.64. The normalized spacial score (nSPS) is 17.1. The smallest absolute Gasteiger partial charge is 0.316 e. The number of halogens is 24. The molecule has 12 aromatic rings. The van der Waals surface area contributed by atoms with E-state index in [0.717, 1.165) is 0 Å². The van der Waals surface area contributed by atoms with Gasteiger partial charge in [-0.2, -0.15) is 105 Å². The van der Waals surface area contributed by atoms with Gasteiger partial charge in [0.25, 0.3) is 0 Å². The Kier molecular flexibility index (Phi) is 19.1. The van der Waals surface area contributed by atoms with Crippen molar-refractivity contribution in [1.82, 2.24) is 0 Å². The quantitative estimate of drug-likeness (QED) is 0.105. The lowest BCUT2D eigenvalue weighted by Gasteiger charge is -2.45. The monoisotopic (exact) mass is 1620 g/mol. The Bertz CT molecular complexity index is 5050. The lowest BCUT2D eigenvalue weighted by Crippen LogP contribution is -2.51. The minimum Gasteiger partial charge on any atom is -0.316 e. The number of piperidine rings is 2. The number of fused-ring (bicyclic) bond motifs is 14. The molecule has 0 atom stereocenters. The molecule has 2 nitrogen and oxygen atoms in total. The van der Waals surface area contributed by atoms with Crippen molar-refractivity contribution in [2.45, 2.75) is 121 Å². The van der Waals surface area contributed by atoms with E-state index in [1.807, 2.05) is 0 Å². The second-order valence-corrected chi connectivity index (χ2v) is 31.2. The summed E-state index contributed by atoms with van der Waals surface area (Å²) < 4.78 is 358. The fourth-order valence-electron chi connectivity index (χ4n) is 18.5. The van der Waals surface area contributed by atoms with E-state index >= 15 is 0 Å². The fraction of sp³-hybridized carbons (Fsp3) is 0.281. The Balaban J connectivity index is 0.770. The van der Waals surface area contributed by atoms with Gasteiger partial charge in [-0.15, -0.1) is 0 Å². The average molecular weight is 1620 g/mol. The van der Waals surface area contributed by atoms with Gasteiger partial charge in [0.2, 0.25) is 0 Å². The SMILES string of the molecule is FC(F)(F)c1cc(-c2cc3ccccc3c3c2C[N+]2(CCC(CCCC4CC[N+]5(CC4)Cc4c(-c6cc(C(F)(F)F)cc(C(F)(F)F)c6)cc6ccccc6c4-c4c(c(-c6cc(C(F)(F)F)cc(C(F)(F)F)c6)cc6ccccc46)C5)CC2)Cc2c(-c4cc(C(F)(F)F)cc(C(F)(F)F)c4)cc4ccccc4c2-3)cc(C(F)(F)F)c1. The molecule has 12 aromatic carbocycles. The first-order chi connectivity index (χ1) is 53.9. The topological polar surface area (TPSA) is 0 Å². The van der Waals surface area contributed by atoms with Gasteiger partial charge in [-0.25, -0.2) is 0 Å². The van der Waals surface area contributed by atoms with Gasteiger partial charge in [-0.3, -0.25) is 0 Å². The first kappa shape index (κ1) is 78.8. The maximum atomic E-state index is 14.9. The predicted octanol–water partition coefficient (Wildman–Crippen LogP) is 28.8. The molecule has 0 aromatic heterocycles. The molecule has 26 heteroatoms. The van der Waals surface area contributed by atoms with Crippen LogP contribution in [0.4, 0.5) is 105 Å². The summed E-state index contributed by atoms with van der Waals surface area (Å²) in [5.74, 6) is -0.142. The lowest BCUT2D eigenvalue weighted by molar-refractivity contribution is -0.958. The van der Waals surface area contributed by atoms with Crippen LogP contribution in [0.2, 0.25) is 0 Å². The summed E-state index contributed by atoms with van der Waals surface area (Å²) in [6.45, 7) is 0.611. The van der Waals surface area contributed by atoms with Gasteiger partial charge in [-0.05, 0) is 222 Å². The summed E-state index contributed by atoms with van der Waals surface area (Å²) in [6.07, 6.45) is -38.9. The molecule has 16 rings (SSSR count). The molecule has 0 aliphatic carbocycles. The third-order valence-electron chi connectivity index (χ3n) is 24.0. The minimum atomic E-state index is -5.29. The summed E-state index contributed by atoms with van der Waals surface area (Å²) in [7, 11) is 0. The summed E-state index contributed by atoms with van der Waals surface area (Å²) in [5.41, 5.74) is -12.4. The molecule has 2 fully saturated rings. The van der Waals surface area contributed by atoms with Crippen molar-refractivity contribution in [3.63, 3.8) is 0 Å². The zero-order valence-electron chi connectivity index (χ0n) is 60.2. The van der Waals surface area contributed by atoms with E-state index in [1.54, 1.807) is 97.1 Å². The van der Waals surface area contributed by atoms with Gasteiger partial charge in [0.05, 0.1) is 70.7 Å². The maximum Gasteiger partial charge on any atom is 0.416 e. The highest BCUT2D eigenvalue weighted by Crippen LogP contribution is 2.57. The molecule has 0 saturated carbocycles. The molecule has 0 amide bonds. The van der Waals surface area contributed by atoms with Crippen LogP contribution < -0.4 is 0 Å². The van der Waals surface area contributed by atoms with Gasteiger partial charge in [0, 0.05) is 44.5 Å². The zero-order chi connectivity index (χ0) is 81.9. The summed E-state index contributed by atoms with van der Waals surface area (Å²) in [5, 5.41) is 3.14. The Morgan fingerprint density at radius 3 is 0.600 bits per heavy atom. The number of hydrogen-bond donors (Lipinski definition) is 0. The summed E-state index contributed by atoms with van der Waals surface area (Å²) in [4.78, 5) is 0. The molecule has 0 radical (unpaired) electrons. The van der Waals surface area contributed by atoms with E-state index in [9.17, 15) is 105 Å². The fourth-order valence-corrected chi connectivity index (χ4v) is 18.5. The van der Waals surface area contributed by atoms with Crippen molar-refractivity contribution in [2.24, 2.45) is 11.8 Å². The van der Waals surface area contributed by atoms with E-state index in [4.69, 9.17) is 0 Å². The molecule has 4 aliphatic heterocycles. The van der Waals surface area contributed by atoms with Crippen LogP contribution in [0.15, 0.2) is 194 Å².